The maximum atomic E-state index is 11.4. The van der Waals surface area contributed by atoms with Gasteiger partial charge in [0.2, 0.25) is 0 Å². The average Bonchev–Trinajstić information content (AvgIpc) is 2.42. The molecule has 0 fully saturated rings. The van der Waals surface area contributed by atoms with Crippen molar-refractivity contribution in [3.63, 3.8) is 0 Å². The minimum atomic E-state index is 0.0477. The summed E-state index contributed by atoms with van der Waals surface area (Å²) in [4.78, 5) is 15.5. The molecule has 0 aliphatic rings. The zero-order chi connectivity index (χ0) is 12.6. The molecular formula is C14H17N3O. The van der Waals surface area contributed by atoms with Crippen LogP contribution in [0.4, 0.5) is 0 Å². The first-order valence-electron chi connectivity index (χ1n) is 6.11. The molecule has 4 nitrogen and oxygen atoms in total. The highest BCUT2D eigenvalue weighted by Crippen LogP contribution is 1.95. The molecule has 0 saturated heterocycles. The summed E-state index contributed by atoms with van der Waals surface area (Å²) in [5, 5.41) is 3.32. The highest BCUT2D eigenvalue weighted by Gasteiger charge is 1.94. The number of aromatic nitrogens is 2. The van der Waals surface area contributed by atoms with Gasteiger partial charge in [0.1, 0.15) is 0 Å². The van der Waals surface area contributed by atoms with Gasteiger partial charge in [-0.05, 0) is 30.7 Å². The van der Waals surface area contributed by atoms with Crippen LogP contribution < -0.4 is 10.9 Å². The first-order chi connectivity index (χ1) is 8.86. The van der Waals surface area contributed by atoms with Gasteiger partial charge in [0, 0.05) is 37.7 Å². The van der Waals surface area contributed by atoms with Gasteiger partial charge in [-0.25, -0.2) is 0 Å². The predicted molar refractivity (Wildman–Crippen MR) is 71.5 cm³/mol. The highest BCUT2D eigenvalue weighted by molar-refractivity contribution is 5.08. The van der Waals surface area contributed by atoms with Crippen LogP contribution in [-0.4, -0.2) is 22.6 Å². The summed E-state index contributed by atoms with van der Waals surface area (Å²) < 4.78 is 1.71. The lowest BCUT2D eigenvalue weighted by Crippen LogP contribution is -2.27. The molecule has 0 aliphatic heterocycles. The molecule has 18 heavy (non-hydrogen) atoms. The van der Waals surface area contributed by atoms with E-state index in [2.05, 4.69) is 16.4 Å². The lowest BCUT2D eigenvalue weighted by atomic mass is 10.2. The highest BCUT2D eigenvalue weighted by atomic mass is 16.1. The minimum absolute atomic E-state index is 0.0477. The summed E-state index contributed by atoms with van der Waals surface area (Å²) in [6.07, 6.45) is 6.42. The molecule has 0 spiro atoms. The van der Waals surface area contributed by atoms with E-state index in [0.717, 1.165) is 19.5 Å². The van der Waals surface area contributed by atoms with Crippen LogP contribution in [0.15, 0.2) is 53.7 Å². The molecule has 0 unspecified atom stereocenters. The molecule has 2 rings (SSSR count). The van der Waals surface area contributed by atoms with Crippen molar-refractivity contribution in [2.45, 2.75) is 13.0 Å². The number of hydrogen-bond donors (Lipinski definition) is 1. The molecule has 0 atom stereocenters. The van der Waals surface area contributed by atoms with Crippen LogP contribution in [-0.2, 0) is 13.0 Å². The number of rotatable bonds is 6. The van der Waals surface area contributed by atoms with Crippen molar-refractivity contribution in [1.29, 1.82) is 0 Å². The van der Waals surface area contributed by atoms with Crippen LogP contribution in [0.1, 0.15) is 5.56 Å². The Bertz CT molecular complexity index is 522. The average molecular weight is 243 g/mol. The number of nitrogens with zero attached hydrogens (tertiary/aromatic N) is 2. The van der Waals surface area contributed by atoms with Crippen molar-refractivity contribution in [3.8, 4) is 0 Å². The van der Waals surface area contributed by atoms with E-state index in [0.29, 0.717) is 6.54 Å². The van der Waals surface area contributed by atoms with Gasteiger partial charge in [-0.3, -0.25) is 9.78 Å². The Hall–Kier alpha value is -1.94. The number of hydrogen-bond acceptors (Lipinski definition) is 3. The zero-order valence-electron chi connectivity index (χ0n) is 10.2. The lowest BCUT2D eigenvalue weighted by Gasteiger charge is -2.06. The summed E-state index contributed by atoms with van der Waals surface area (Å²) in [5.41, 5.74) is 1.27. The standard InChI is InChI=1S/C14H17N3O/c18-14-5-1-2-10-17(14)11-9-15-8-6-13-4-3-7-16-12-13/h1-5,7,10,12,15H,6,8-9,11H2. The third-order valence-corrected chi connectivity index (χ3v) is 2.74. The van der Waals surface area contributed by atoms with Crippen LogP contribution in [0, 0.1) is 0 Å². The van der Waals surface area contributed by atoms with Gasteiger partial charge in [-0.2, -0.15) is 0 Å². The minimum Gasteiger partial charge on any atom is -0.315 e. The predicted octanol–water partition coefficient (Wildman–Crippen LogP) is 1.08. The Labute approximate surface area is 106 Å². The van der Waals surface area contributed by atoms with Crippen LogP contribution in [0.2, 0.25) is 0 Å². The number of nitrogens with one attached hydrogen (secondary N) is 1. The molecule has 0 radical (unpaired) electrons. The summed E-state index contributed by atoms with van der Waals surface area (Å²) in [7, 11) is 0. The maximum Gasteiger partial charge on any atom is 0.250 e. The van der Waals surface area contributed by atoms with Gasteiger partial charge >= 0.3 is 0 Å². The molecular weight excluding hydrogens is 226 g/mol. The Morgan fingerprint density at radius 1 is 1.17 bits per heavy atom. The molecule has 0 aromatic carbocycles. The summed E-state index contributed by atoms with van der Waals surface area (Å²) >= 11 is 0. The Balaban J connectivity index is 1.68. The summed E-state index contributed by atoms with van der Waals surface area (Å²) in [6.45, 7) is 2.39. The van der Waals surface area contributed by atoms with Crippen LogP contribution in [0.25, 0.3) is 0 Å². The van der Waals surface area contributed by atoms with Crippen LogP contribution >= 0.6 is 0 Å². The van der Waals surface area contributed by atoms with Gasteiger partial charge < -0.3 is 9.88 Å². The van der Waals surface area contributed by atoms with Crippen molar-refractivity contribution < 1.29 is 0 Å². The molecule has 2 aromatic rings. The van der Waals surface area contributed by atoms with E-state index in [1.807, 2.05) is 24.5 Å². The third-order valence-electron chi connectivity index (χ3n) is 2.74. The second-order valence-electron chi connectivity index (χ2n) is 4.09. The summed E-state index contributed by atoms with van der Waals surface area (Å²) in [5.74, 6) is 0. The quantitative estimate of drug-likeness (QED) is 0.772. The van der Waals surface area contributed by atoms with Gasteiger partial charge in [-0.15, -0.1) is 0 Å². The smallest absolute Gasteiger partial charge is 0.250 e. The van der Waals surface area contributed by atoms with E-state index in [9.17, 15) is 4.79 Å². The molecule has 0 aliphatic carbocycles. The maximum absolute atomic E-state index is 11.4. The van der Waals surface area contributed by atoms with Crippen LogP contribution in [0.5, 0.6) is 0 Å². The van der Waals surface area contributed by atoms with Crippen molar-refractivity contribution >= 4 is 0 Å². The van der Waals surface area contributed by atoms with Gasteiger partial charge in [-0.1, -0.05) is 12.1 Å². The molecule has 0 bridgehead atoms. The van der Waals surface area contributed by atoms with E-state index in [1.54, 1.807) is 22.9 Å². The lowest BCUT2D eigenvalue weighted by molar-refractivity contribution is 0.586. The fourth-order valence-electron chi connectivity index (χ4n) is 1.75. The second kappa shape index (κ2) is 6.71. The van der Waals surface area contributed by atoms with Gasteiger partial charge in [0.05, 0.1) is 0 Å². The monoisotopic (exact) mass is 243 g/mol. The van der Waals surface area contributed by atoms with E-state index in [4.69, 9.17) is 0 Å². The largest absolute Gasteiger partial charge is 0.315 e. The Morgan fingerprint density at radius 2 is 2.11 bits per heavy atom. The topological polar surface area (TPSA) is 46.9 Å². The van der Waals surface area contributed by atoms with Crippen molar-refractivity contribution in [1.82, 2.24) is 14.9 Å². The molecule has 0 amide bonds. The Morgan fingerprint density at radius 3 is 2.89 bits per heavy atom. The van der Waals surface area contributed by atoms with E-state index < -0.39 is 0 Å². The molecule has 2 heterocycles. The van der Waals surface area contributed by atoms with E-state index in [-0.39, 0.29) is 5.56 Å². The van der Waals surface area contributed by atoms with E-state index >= 15 is 0 Å². The molecule has 94 valence electrons. The van der Waals surface area contributed by atoms with Gasteiger partial charge in [0.15, 0.2) is 0 Å². The fraction of sp³-hybridized carbons (Fsp3) is 0.286. The second-order valence-corrected chi connectivity index (χ2v) is 4.09. The molecule has 0 saturated carbocycles. The van der Waals surface area contributed by atoms with Crippen molar-refractivity contribution in [2.75, 3.05) is 13.1 Å². The van der Waals surface area contributed by atoms with E-state index in [1.165, 1.54) is 5.56 Å². The van der Waals surface area contributed by atoms with Crippen LogP contribution in [0.3, 0.4) is 0 Å². The molecule has 1 N–H and O–H groups in total. The normalized spacial score (nSPS) is 10.4. The zero-order valence-corrected chi connectivity index (χ0v) is 10.2. The fourth-order valence-corrected chi connectivity index (χ4v) is 1.75. The first-order valence-corrected chi connectivity index (χ1v) is 6.11. The van der Waals surface area contributed by atoms with Crippen molar-refractivity contribution in [2.24, 2.45) is 0 Å². The molecule has 2 aromatic heterocycles. The van der Waals surface area contributed by atoms with Crippen molar-refractivity contribution in [3.05, 3.63) is 64.8 Å². The SMILES string of the molecule is O=c1ccccn1CCNCCc1cccnc1. The molecule has 4 heteroatoms. The number of pyridine rings is 2. The summed E-state index contributed by atoms with van der Waals surface area (Å²) in [6, 6.07) is 9.22. The Kier molecular flexibility index (Phi) is 4.67. The first kappa shape index (κ1) is 12.5. The van der Waals surface area contributed by atoms with Gasteiger partial charge in [0.25, 0.3) is 5.56 Å². The third kappa shape index (κ3) is 3.82.